The molecule has 1 amide bonds. The summed E-state index contributed by atoms with van der Waals surface area (Å²) in [4.78, 5) is 72.3. The van der Waals surface area contributed by atoms with Gasteiger partial charge in [0.2, 0.25) is 5.79 Å². The second-order valence-electron chi connectivity index (χ2n) is 20.4. The van der Waals surface area contributed by atoms with Crippen molar-refractivity contribution in [2.75, 3.05) is 48.2 Å². The molecule has 2 N–H and O–H groups in total. The number of hydrogen-bond acceptors (Lipinski definition) is 14. The first-order valence-corrected chi connectivity index (χ1v) is 25.4. The molecule has 4 aliphatic rings. The maximum absolute atomic E-state index is 14.5. The number of nitrogens with zero attached hydrogens (tertiary/aromatic N) is 1. The van der Waals surface area contributed by atoms with Crippen molar-refractivity contribution < 1.29 is 67.3 Å². The van der Waals surface area contributed by atoms with Gasteiger partial charge in [0.1, 0.15) is 30.1 Å². The number of allylic oxidation sites excluding steroid dienone is 6. The number of rotatable bonds is 10. The van der Waals surface area contributed by atoms with Crippen LogP contribution in [-0.2, 0) is 57.1 Å². The van der Waals surface area contributed by atoms with Gasteiger partial charge in [-0.2, -0.15) is 0 Å². The van der Waals surface area contributed by atoms with Crippen LogP contribution in [0.1, 0.15) is 126 Å². The Morgan fingerprint density at radius 2 is 1.57 bits per heavy atom. The highest BCUT2D eigenvalue weighted by Crippen LogP contribution is 2.38. The lowest BCUT2D eigenvalue weighted by molar-refractivity contribution is -0.265. The fraction of sp³-hybridized carbons (Fsp3) is 0.759. The molecule has 15 nitrogen and oxygen atoms in total. The highest BCUT2D eigenvalue weighted by molar-refractivity contribution is 6.39. The van der Waals surface area contributed by atoms with Gasteiger partial charge in [0.15, 0.2) is 5.78 Å². The number of carbonyl (C=O) groups is 5. The zero-order valence-electron chi connectivity index (χ0n) is 43.4. The fourth-order valence-electron chi connectivity index (χ4n) is 10.6. The molecule has 15 atom stereocenters. The lowest BCUT2D eigenvalue weighted by Crippen LogP contribution is -2.61. The van der Waals surface area contributed by atoms with E-state index in [4.69, 9.17) is 33.2 Å². The highest BCUT2D eigenvalue weighted by Gasteiger charge is 2.53. The zero-order valence-corrected chi connectivity index (χ0v) is 43.4. The Balaban J connectivity index is 1.69. The molecule has 3 heterocycles. The maximum atomic E-state index is 14.5. The van der Waals surface area contributed by atoms with Crippen LogP contribution in [0, 0.1) is 35.5 Å². The third-order valence-corrected chi connectivity index (χ3v) is 15.1. The fourth-order valence-corrected chi connectivity index (χ4v) is 10.6. The van der Waals surface area contributed by atoms with E-state index in [0.29, 0.717) is 70.2 Å². The molecule has 3 fully saturated rings. The van der Waals surface area contributed by atoms with E-state index in [1.54, 1.807) is 48.2 Å². The molecule has 2 saturated heterocycles. The number of carbonyl (C=O) groups excluding carboxylic acids is 5. The maximum Gasteiger partial charge on any atom is 0.329 e. The predicted octanol–water partition coefficient (Wildman–Crippen LogP) is 6.85. The molecule has 3 aliphatic heterocycles. The zero-order chi connectivity index (χ0) is 51.0. The Bertz CT molecular complexity index is 1830. The number of Topliss-reactive ketones (excluding diaryl/α,β-unsaturated/α-hetero) is 3. The van der Waals surface area contributed by atoms with Crippen molar-refractivity contribution in [3.63, 3.8) is 0 Å². The van der Waals surface area contributed by atoms with Crippen molar-refractivity contribution in [1.29, 1.82) is 0 Å². The van der Waals surface area contributed by atoms with Gasteiger partial charge in [0, 0.05) is 65.6 Å². The quantitative estimate of drug-likeness (QED) is 0.0999. The number of hydrogen-bond donors (Lipinski definition) is 2. The summed E-state index contributed by atoms with van der Waals surface area (Å²) in [5, 5.41) is 23.5. The van der Waals surface area contributed by atoms with Crippen LogP contribution in [0.15, 0.2) is 47.6 Å². The largest absolute Gasteiger partial charge is 0.460 e. The monoisotopic (exact) mass is 972 g/mol. The van der Waals surface area contributed by atoms with Crippen molar-refractivity contribution in [1.82, 2.24) is 4.90 Å². The van der Waals surface area contributed by atoms with Crippen LogP contribution in [0.5, 0.6) is 0 Å². The topological polar surface area (TPSA) is 194 Å². The summed E-state index contributed by atoms with van der Waals surface area (Å²) in [5.41, 5.74) is 1.28. The van der Waals surface area contributed by atoms with E-state index >= 15 is 0 Å². The van der Waals surface area contributed by atoms with Crippen LogP contribution in [0.2, 0.25) is 0 Å². The van der Waals surface area contributed by atoms with Crippen molar-refractivity contribution >= 4 is 29.2 Å². The minimum absolute atomic E-state index is 0.0197. The van der Waals surface area contributed by atoms with E-state index in [0.717, 1.165) is 18.4 Å². The average molecular weight is 972 g/mol. The van der Waals surface area contributed by atoms with Gasteiger partial charge in [-0.1, -0.05) is 71.1 Å². The minimum atomic E-state index is -2.43. The van der Waals surface area contributed by atoms with Crippen LogP contribution >= 0.6 is 0 Å². The molecule has 1 aliphatic carbocycles. The number of fused-ring (bicyclic) bond motifs is 3. The van der Waals surface area contributed by atoms with Gasteiger partial charge in [-0.25, -0.2) is 4.79 Å². The van der Waals surface area contributed by atoms with Gasteiger partial charge >= 0.3 is 5.97 Å². The number of methoxy groups -OCH3 is 4. The number of aliphatic hydroxyl groups is 2. The first-order valence-electron chi connectivity index (χ1n) is 25.4. The number of cyclic esters (lactones) is 1. The van der Waals surface area contributed by atoms with Crippen molar-refractivity contribution in [3.05, 3.63) is 47.6 Å². The molecule has 0 aromatic carbocycles. The van der Waals surface area contributed by atoms with Crippen LogP contribution in [-0.4, -0.2) is 147 Å². The number of esters is 1. The Morgan fingerprint density at radius 3 is 2.25 bits per heavy atom. The van der Waals surface area contributed by atoms with Crippen molar-refractivity contribution in [2.45, 2.75) is 180 Å². The second kappa shape index (κ2) is 28.0. The predicted molar refractivity (Wildman–Crippen MR) is 261 cm³/mol. The van der Waals surface area contributed by atoms with Crippen molar-refractivity contribution in [2.24, 2.45) is 35.5 Å². The number of ether oxygens (including phenoxy) is 7. The second-order valence-corrected chi connectivity index (χ2v) is 20.4. The summed E-state index contributed by atoms with van der Waals surface area (Å²) in [6, 6.07) is -1.14. The minimum Gasteiger partial charge on any atom is -0.460 e. The Morgan fingerprint density at radius 1 is 0.826 bits per heavy atom. The van der Waals surface area contributed by atoms with Crippen molar-refractivity contribution in [3.8, 4) is 0 Å². The van der Waals surface area contributed by atoms with Gasteiger partial charge in [0.05, 0.1) is 37.6 Å². The molecule has 1 saturated carbocycles. The smallest absolute Gasteiger partial charge is 0.329 e. The van der Waals surface area contributed by atoms with E-state index in [1.807, 2.05) is 58.1 Å². The first-order chi connectivity index (χ1) is 32.8. The molecule has 0 radical (unpaired) electrons. The third kappa shape index (κ3) is 16.0. The standard InChI is InChI=1S/C54H85NO14/c1-33-17-13-12-14-18-34(2)45(64-9)31-41-22-20-39(7)54(62,69-41)51(59)52(60)55-24-16-15-19-42(55)53(61)68-46(36(4)29-40-21-23-44(47(30-40)65-10)67-26-25-63-8)32-43(56)35(3)28-38(6)49(58)50(66-11)48(57)37(5)27-33/h12-14,17-18,28,33,35-37,39-42,44-47,49-50,58,62H,15-16,19-27,29-32H2,1-11H3/b14-12+,17-13-,34-18+,38-28+/t33-,35-,36-,37+,39-,40+,41+,42?,44?,45+,46+,47-,49-,50+,54-/m1/s1. The van der Waals surface area contributed by atoms with E-state index in [2.05, 4.69) is 0 Å². The summed E-state index contributed by atoms with van der Waals surface area (Å²) in [7, 11) is 6.26. The average Bonchev–Trinajstić information content (AvgIpc) is 3.33. The van der Waals surface area contributed by atoms with Crippen LogP contribution in [0.3, 0.4) is 0 Å². The Labute approximate surface area is 411 Å². The molecule has 0 aromatic rings. The van der Waals surface area contributed by atoms with E-state index in [9.17, 15) is 34.2 Å². The summed E-state index contributed by atoms with van der Waals surface area (Å²) in [6.07, 6.45) is 12.4. The van der Waals surface area contributed by atoms with Gasteiger partial charge in [0.25, 0.3) is 11.7 Å². The molecule has 0 aromatic heterocycles. The molecule has 69 heavy (non-hydrogen) atoms. The summed E-state index contributed by atoms with van der Waals surface area (Å²) < 4.78 is 41.1. The number of ketones is 3. The van der Waals surface area contributed by atoms with E-state index in [-0.39, 0.29) is 60.9 Å². The van der Waals surface area contributed by atoms with Crippen LogP contribution < -0.4 is 0 Å². The molecule has 2 unspecified atom stereocenters. The van der Waals surface area contributed by atoms with Gasteiger partial charge in [-0.3, -0.25) is 19.2 Å². The molecule has 4 rings (SSSR count). The summed E-state index contributed by atoms with van der Waals surface area (Å²) >= 11 is 0. The molecular weight excluding hydrogens is 887 g/mol. The number of amides is 1. The normalized spacial score (nSPS) is 38.8. The first kappa shape index (κ1) is 58.2. The van der Waals surface area contributed by atoms with Gasteiger partial charge in [-0.05, 0) is 107 Å². The van der Waals surface area contributed by atoms with Gasteiger partial charge < -0.3 is 48.3 Å². The lowest BCUT2D eigenvalue weighted by Gasteiger charge is -2.42. The molecular formula is C54H85NO14. The highest BCUT2D eigenvalue weighted by atomic mass is 16.6. The molecule has 390 valence electrons. The Hall–Kier alpha value is -3.41. The lowest BCUT2D eigenvalue weighted by atomic mass is 9.78. The molecule has 2 bridgehead atoms. The summed E-state index contributed by atoms with van der Waals surface area (Å²) in [6.45, 7) is 13.8. The van der Waals surface area contributed by atoms with Crippen LogP contribution in [0.25, 0.3) is 0 Å². The number of aliphatic hydroxyl groups excluding tert-OH is 1. The Kier molecular flexibility index (Phi) is 23.6. The molecule has 0 spiro atoms. The van der Waals surface area contributed by atoms with Crippen LogP contribution in [0.4, 0.5) is 0 Å². The molecule has 15 heteroatoms. The van der Waals surface area contributed by atoms with E-state index < -0.39 is 77.8 Å². The van der Waals surface area contributed by atoms with Gasteiger partial charge in [-0.15, -0.1) is 0 Å². The SMILES string of the molecule is COCCOC1CC[C@@H](C[C@@H](C)[C@@H]2CC(=O)[C@H](C)/C=C(\C)[C@@H](O)[C@@H](OC)C(=O)[C@@H](C)C[C@H](C)\C=C/C=C/C=C(\C)[C@@H](OC)C[C@@H]3CC[C@@H](C)[C@@](O)(O3)C(=O)C(=O)N3CCCCC3C(=O)O2)C[C@H]1OC. The summed E-state index contributed by atoms with van der Waals surface area (Å²) in [5.74, 6) is -7.83. The third-order valence-electron chi connectivity index (χ3n) is 15.1. The number of piperidine rings is 1. The van der Waals surface area contributed by atoms with E-state index in [1.165, 1.54) is 12.0 Å².